The molecule has 1 fully saturated rings. The van der Waals surface area contributed by atoms with Crippen molar-refractivity contribution in [3.8, 4) is 0 Å². The van der Waals surface area contributed by atoms with E-state index in [4.69, 9.17) is 0 Å². The van der Waals surface area contributed by atoms with Crippen LogP contribution in [-0.2, 0) is 4.79 Å². The lowest BCUT2D eigenvalue weighted by molar-refractivity contribution is -0.121. The summed E-state index contributed by atoms with van der Waals surface area (Å²) in [5.74, 6) is 0.690. The quantitative estimate of drug-likeness (QED) is 0.804. The monoisotopic (exact) mass is 356 g/mol. The molecule has 0 radical (unpaired) electrons. The smallest absolute Gasteiger partial charge is 0.234 e. The number of carbonyl (C=O) groups is 1. The van der Waals surface area contributed by atoms with Crippen molar-refractivity contribution in [3.05, 3.63) is 57.8 Å². The van der Waals surface area contributed by atoms with Crippen molar-refractivity contribution in [2.45, 2.75) is 51.6 Å². The molecule has 2 aromatic rings. The number of aryl methyl sites for hydroxylation is 1. The SMILES string of the molecule is Cc1ccc([C@@H](NCC(=O)N[C@H]2CCCC[C@@H]2C)c2cccs2)cc1. The lowest BCUT2D eigenvalue weighted by Crippen LogP contribution is -2.45. The van der Waals surface area contributed by atoms with Gasteiger partial charge in [-0.3, -0.25) is 10.1 Å². The molecular weight excluding hydrogens is 328 g/mol. The predicted molar refractivity (Wildman–Crippen MR) is 105 cm³/mol. The summed E-state index contributed by atoms with van der Waals surface area (Å²) in [7, 11) is 0. The molecule has 1 heterocycles. The molecule has 0 unspecified atom stereocenters. The average Bonchev–Trinajstić information content (AvgIpc) is 3.13. The van der Waals surface area contributed by atoms with E-state index in [-0.39, 0.29) is 11.9 Å². The van der Waals surface area contributed by atoms with Crippen molar-refractivity contribution in [3.63, 3.8) is 0 Å². The Bertz CT molecular complexity index is 666. The Morgan fingerprint density at radius 2 is 1.96 bits per heavy atom. The number of benzene rings is 1. The second-order valence-electron chi connectivity index (χ2n) is 7.18. The number of hydrogen-bond acceptors (Lipinski definition) is 3. The maximum atomic E-state index is 12.4. The number of thiophene rings is 1. The van der Waals surface area contributed by atoms with Gasteiger partial charge >= 0.3 is 0 Å². The molecule has 0 bridgehead atoms. The van der Waals surface area contributed by atoms with Crippen molar-refractivity contribution in [2.75, 3.05) is 6.54 Å². The topological polar surface area (TPSA) is 41.1 Å². The highest BCUT2D eigenvalue weighted by molar-refractivity contribution is 7.10. The third kappa shape index (κ3) is 4.93. The minimum absolute atomic E-state index is 0.0649. The van der Waals surface area contributed by atoms with Gasteiger partial charge in [0.15, 0.2) is 0 Å². The van der Waals surface area contributed by atoms with Gasteiger partial charge in [0.1, 0.15) is 0 Å². The van der Waals surface area contributed by atoms with Gasteiger partial charge in [-0.15, -0.1) is 11.3 Å². The molecule has 0 spiro atoms. The highest BCUT2D eigenvalue weighted by Gasteiger charge is 2.23. The fourth-order valence-electron chi connectivity index (χ4n) is 3.58. The van der Waals surface area contributed by atoms with Crippen molar-refractivity contribution < 1.29 is 4.79 Å². The summed E-state index contributed by atoms with van der Waals surface area (Å²) in [5, 5.41) is 8.78. The van der Waals surface area contributed by atoms with Crippen molar-refractivity contribution in [1.29, 1.82) is 0 Å². The van der Waals surface area contributed by atoms with Crippen LogP contribution in [0.4, 0.5) is 0 Å². The summed E-state index contributed by atoms with van der Waals surface area (Å²) in [6.07, 6.45) is 4.85. The van der Waals surface area contributed by atoms with Gasteiger partial charge in [0.05, 0.1) is 12.6 Å². The molecule has 3 nitrogen and oxygen atoms in total. The third-order valence-corrected chi connectivity index (χ3v) is 6.10. The summed E-state index contributed by atoms with van der Waals surface area (Å²) >= 11 is 1.72. The molecule has 25 heavy (non-hydrogen) atoms. The molecule has 0 aliphatic heterocycles. The van der Waals surface area contributed by atoms with E-state index in [1.54, 1.807) is 11.3 Å². The van der Waals surface area contributed by atoms with Gasteiger partial charge in [-0.25, -0.2) is 0 Å². The summed E-state index contributed by atoms with van der Waals surface area (Å²) in [6.45, 7) is 4.69. The van der Waals surface area contributed by atoms with E-state index in [9.17, 15) is 4.79 Å². The molecule has 1 aliphatic rings. The molecule has 3 atom stereocenters. The molecule has 1 saturated carbocycles. The minimum Gasteiger partial charge on any atom is -0.352 e. The largest absolute Gasteiger partial charge is 0.352 e. The van der Waals surface area contributed by atoms with Crippen LogP contribution in [0.25, 0.3) is 0 Å². The van der Waals surface area contributed by atoms with Crippen LogP contribution in [-0.4, -0.2) is 18.5 Å². The zero-order valence-electron chi connectivity index (χ0n) is 15.1. The molecule has 4 heteroatoms. The fourth-order valence-corrected chi connectivity index (χ4v) is 4.41. The number of amides is 1. The molecule has 134 valence electrons. The Balaban J connectivity index is 1.62. The van der Waals surface area contributed by atoms with E-state index < -0.39 is 0 Å². The van der Waals surface area contributed by atoms with E-state index in [1.807, 2.05) is 0 Å². The molecule has 1 aromatic carbocycles. The zero-order valence-corrected chi connectivity index (χ0v) is 15.9. The van der Waals surface area contributed by atoms with E-state index in [1.165, 1.54) is 35.3 Å². The van der Waals surface area contributed by atoms with Gasteiger partial charge in [0.25, 0.3) is 0 Å². The van der Waals surface area contributed by atoms with Gasteiger partial charge in [0.2, 0.25) is 5.91 Å². The maximum absolute atomic E-state index is 12.4. The lowest BCUT2D eigenvalue weighted by atomic mass is 9.86. The summed E-state index contributed by atoms with van der Waals surface area (Å²) in [4.78, 5) is 13.7. The molecule has 0 saturated heterocycles. The standard InChI is InChI=1S/C21H28N2OS/c1-15-9-11-17(12-10-15)21(19-8-5-13-25-19)22-14-20(24)23-18-7-4-3-6-16(18)2/h5,8-13,16,18,21-22H,3-4,6-7,14H2,1-2H3,(H,23,24)/t16-,18-,21+/m0/s1. The fraction of sp³-hybridized carbons (Fsp3) is 0.476. The predicted octanol–water partition coefficient (Wildman–Crippen LogP) is 4.43. The molecular formula is C21H28N2OS. The van der Waals surface area contributed by atoms with E-state index in [0.29, 0.717) is 18.5 Å². The molecule has 2 N–H and O–H groups in total. The minimum atomic E-state index is 0.0649. The first-order valence-electron chi connectivity index (χ1n) is 9.26. The molecule has 1 aliphatic carbocycles. The summed E-state index contributed by atoms with van der Waals surface area (Å²) in [6, 6.07) is 13.1. The van der Waals surface area contributed by atoms with Crippen LogP contribution in [0.15, 0.2) is 41.8 Å². The Labute approximate surface area is 154 Å². The summed E-state index contributed by atoms with van der Waals surface area (Å²) < 4.78 is 0. The van der Waals surface area contributed by atoms with Crippen LogP contribution in [0.2, 0.25) is 0 Å². The van der Waals surface area contributed by atoms with Gasteiger partial charge in [-0.05, 0) is 42.7 Å². The van der Waals surface area contributed by atoms with Crippen molar-refractivity contribution in [1.82, 2.24) is 10.6 Å². The molecule has 3 rings (SSSR count). The Morgan fingerprint density at radius 1 is 1.20 bits per heavy atom. The van der Waals surface area contributed by atoms with Crippen LogP contribution >= 0.6 is 11.3 Å². The number of carbonyl (C=O) groups excluding carboxylic acids is 1. The van der Waals surface area contributed by atoms with Crippen LogP contribution in [0.1, 0.15) is 54.7 Å². The maximum Gasteiger partial charge on any atom is 0.234 e. The highest BCUT2D eigenvalue weighted by atomic mass is 32.1. The molecule has 1 amide bonds. The second-order valence-corrected chi connectivity index (χ2v) is 8.16. The first-order valence-corrected chi connectivity index (χ1v) is 10.1. The average molecular weight is 357 g/mol. The lowest BCUT2D eigenvalue weighted by Gasteiger charge is -2.29. The first kappa shape index (κ1) is 18.2. The Morgan fingerprint density at radius 3 is 2.64 bits per heavy atom. The van der Waals surface area contributed by atoms with Gasteiger partial charge in [0, 0.05) is 10.9 Å². The van der Waals surface area contributed by atoms with Crippen LogP contribution in [0.3, 0.4) is 0 Å². The third-order valence-electron chi connectivity index (χ3n) is 5.16. The van der Waals surface area contributed by atoms with E-state index in [0.717, 1.165) is 6.42 Å². The van der Waals surface area contributed by atoms with E-state index in [2.05, 4.69) is 66.3 Å². The van der Waals surface area contributed by atoms with Crippen LogP contribution in [0, 0.1) is 12.8 Å². The number of hydrogen-bond donors (Lipinski definition) is 2. The number of nitrogens with one attached hydrogen (secondary N) is 2. The molecule has 1 aromatic heterocycles. The van der Waals surface area contributed by atoms with Gasteiger partial charge in [-0.1, -0.05) is 55.7 Å². The Kier molecular flexibility index (Phi) is 6.27. The van der Waals surface area contributed by atoms with E-state index >= 15 is 0 Å². The van der Waals surface area contributed by atoms with Gasteiger partial charge < -0.3 is 5.32 Å². The zero-order chi connectivity index (χ0) is 17.6. The summed E-state index contributed by atoms with van der Waals surface area (Å²) in [5.41, 5.74) is 2.45. The first-order chi connectivity index (χ1) is 12.1. The van der Waals surface area contributed by atoms with Crippen LogP contribution in [0.5, 0.6) is 0 Å². The van der Waals surface area contributed by atoms with Crippen molar-refractivity contribution in [2.24, 2.45) is 5.92 Å². The number of rotatable bonds is 6. The van der Waals surface area contributed by atoms with Crippen LogP contribution < -0.4 is 10.6 Å². The highest BCUT2D eigenvalue weighted by Crippen LogP contribution is 2.26. The Hall–Kier alpha value is -1.65. The second kappa shape index (κ2) is 8.63. The van der Waals surface area contributed by atoms with Crippen molar-refractivity contribution >= 4 is 17.2 Å². The normalized spacial score (nSPS) is 21.7. The van der Waals surface area contributed by atoms with Gasteiger partial charge in [-0.2, -0.15) is 0 Å².